The lowest BCUT2D eigenvalue weighted by Crippen LogP contribution is -2.21. The van der Waals surface area contributed by atoms with Crippen LogP contribution in [0.25, 0.3) is 11.3 Å². The minimum atomic E-state index is -1.33. The second-order valence-corrected chi connectivity index (χ2v) is 8.18. The van der Waals surface area contributed by atoms with E-state index < -0.39 is 29.3 Å². The van der Waals surface area contributed by atoms with E-state index in [-0.39, 0.29) is 5.56 Å². The van der Waals surface area contributed by atoms with Crippen LogP contribution in [-0.2, 0) is 20.3 Å². The van der Waals surface area contributed by atoms with E-state index >= 15 is 0 Å². The molecule has 1 N–H and O–H groups in total. The predicted molar refractivity (Wildman–Crippen MR) is 110 cm³/mol. The van der Waals surface area contributed by atoms with Crippen molar-refractivity contribution in [2.75, 3.05) is 18.2 Å². The number of rotatable bonds is 6. The maximum absolute atomic E-state index is 12.2. The van der Waals surface area contributed by atoms with Crippen LogP contribution in [0, 0.1) is 6.92 Å². The van der Waals surface area contributed by atoms with Crippen molar-refractivity contribution in [1.82, 2.24) is 4.98 Å². The largest absolute Gasteiger partial charge is 0.452 e. The molecule has 2 aromatic carbocycles. The number of aromatic nitrogens is 1. The summed E-state index contributed by atoms with van der Waals surface area (Å²) in [5.41, 5.74) is 3.06. The van der Waals surface area contributed by atoms with Crippen LogP contribution in [0.2, 0.25) is 0 Å². The number of carbonyl (C=O) groups excluding carboxylic acids is 2. The van der Waals surface area contributed by atoms with Gasteiger partial charge in [0.2, 0.25) is 0 Å². The smallest absolute Gasteiger partial charge is 0.339 e. The Morgan fingerprint density at radius 2 is 1.86 bits per heavy atom. The number of benzene rings is 2. The minimum absolute atomic E-state index is 0.187. The van der Waals surface area contributed by atoms with Crippen LogP contribution in [0.5, 0.6) is 0 Å². The van der Waals surface area contributed by atoms with Crippen molar-refractivity contribution < 1.29 is 18.5 Å². The van der Waals surface area contributed by atoms with Gasteiger partial charge in [0.1, 0.15) is 0 Å². The van der Waals surface area contributed by atoms with Gasteiger partial charge in [-0.15, -0.1) is 11.3 Å². The summed E-state index contributed by atoms with van der Waals surface area (Å²) in [5.74, 6) is -1.19. The molecule has 3 aromatic rings. The molecule has 0 saturated heterocycles. The van der Waals surface area contributed by atoms with E-state index in [0.29, 0.717) is 10.0 Å². The number of esters is 1. The van der Waals surface area contributed by atoms with Gasteiger partial charge in [0.15, 0.2) is 11.7 Å². The number of hydrogen-bond acceptors (Lipinski definition) is 6. The lowest BCUT2D eigenvalue weighted by Gasteiger charge is -2.07. The van der Waals surface area contributed by atoms with Crippen molar-refractivity contribution in [2.45, 2.75) is 11.8 Å². The molecule has 0 bridgehead atoms. The maximum Gasteiger partial charge on any atom is 0.339 e. The molecule has 0 radical (unpaired) electrons. The van der Waals surface area contributed by atoms with E-state index in [0.717, 1.165) is 16.8 Å². The van der Waals surface area contributed by atoms with E-state index in [2.05, 4.69) is 10.3 Å². The fourth-order valence-electron chi connectivity index (χ4n) is 2.44. The Bertz CT molecular complexity index is 1030. The van der Waals surface area contributed by atoms with Crippen molar-refractivity contribution in [3.05, 3.63) is 65.0 Å². The van der Waals surface area contributed by atoms with Gasteiger partial charge in [-0.05, 0) is 19.1 Å². The van der Waals surface area contributed by atoms with Gasteiger partial charge in [-0.1, -0.05) is 42.0 Å². The molecule has 28 heavy (non-hydrogen) atoms. The number of aryl methyl sites for hydroxylation is 1. The van der Waals surface area contributed by atoms with Gasteiger partial charge in [-0.2, -0.15) is 0 Å². The molecule has 1 amide bonds. The fraction of sp³-hybridized carbons (Fsp3) is 0.150. The molecule has 3 rings (SSSR count). The molecule has 1 aromatic heterocycles. The zero-order valence-corrected chi connectivity index (χ0v) is 16.9. The van der Waals surface area contributed by atoms with Crippen LogP contribution in [0.15, 0.2) is 58.8 Å². The van der Waals surface area contributed by atoms with Crippen LogP contribution < -0.4 is 5.32 Å². The number of anilines is 1. The van der Waals surface area contributed by atoms with E-state index in [9.17, 15) is 13.8 Å². The average Bonchev–Trinajstić information content (AvgIpc) is 3.15. The van der Waals surface area contributed by atoms with Gasteiger partial charge in [-0.3, -0.25) is 14.3 Å². The van der Waals surface area contributed by atoms with Gasteiger partial charge >= 0.3 is 5.97 Å². The maximum atomic E-state index is 12.2. The summed E-state index contributed by atoms with van der Waals surface area (Å²) in [6, 6.07) is 14.4. The van der Waals surface area contributed by atoms with Crippen LogP contribution >= 0.6 is 11.3 Å². The van der Waals surface area contributed by atoms with E-state index in [4.69, 9.17) is 4.74 Å². The number of amides is 1. The highest BCUT2D eigenvalue weighted by Crippen LogP contribution is 2.25. The SMILES string of the molecule is Cc1ccc(-c2csc(NC(=O)COC(=O)c3ccccc3[S@@](C)=O)n2)cc1. The Labute approximate surface area is 169 Å². The molecular formula is C20H18N2O4S2. The summed E-state index contributed by atoms with van der Waals surface area (Å²) in [7, 11) is -1.33. The van der Waals surface area contributed by atoms with Gasteiger partial charge in [0.25, 0.3) is 5.91 Å². The summed E-state index contributed by atoms with van der Waals surface area (Å²) >= 11 is 1.29. The lowest BCUT2D eigenvalue weighted by atomic mass is 10.1. The molecular weight excluding hydrogens is 396 g/mol. The van der Waals surface area contributed by atoms with Gasteiger partial charge in [-0.25, -0.2) is 9.78 Å². The zero-order chi connectivity index (χ0) is 20.1. The fourth-order valence-corrected chi connectivity index (χ4v) is 3.91. The second kappa shape index (κ2) is 8.90. The van der Waals surface area contributed by atoms with Crippen molar-refractivity contribution in [3.8, 4) is 11.3 Å². The molecule has 144 valence electrons. The van der Waals surface area contributed by atoms with Crippen molar-refractivity contribution in [2.24, 2.45) is 0 Å². The predicted octanol–water partition coefficient (Wildman–Crippen LogP) is 3.65. The Morgan fingerprint density at radius 1 is 1.14 bits per heavy atom. The first kappa shape index (κ1) is 19.9. The topological polar surface area (TPSA) is 85.4 Å². The standard InChI is InChI=1S/C20H18N2O4S2/c1-13-7-9-14(10-8-13)16-12-27-20(21-16)22-18(23)11-26-19(24)15-5-3-4-6-17(15)28(2)25/h3-10,12H,11H2,1-2H3,(H,21,22,23)/t28-/m1/s1. The minimum Gasteiger partial charge on any atom is -0.452 e. The highest BCUT2D eigenvalue weighted by molar-refractivity contribution is 7.84. The van der Waals surface area contributed by atoms with Gasteiger partial charge in [0.05, 0.1) is 27.0 Å². The number of hydrogen-bond donors (Lipinski definition) is 1. The average molecular weight is 415 g/mol. The Balaban J connectivity index is 1.59. The van der Waals surface area contributed by atoms with Crippen molar-refractivity contribution >= 4 is 39.1 Å². The normalized spacial score (nSPS) is 11.6. The van der Waals surface area contributed by atoms with Gasteiger partial charge in [0, 0.05) is 17.2 Å². The van der Waals surface area contributed by atoms with Crippen molar-refractivity contribution in [3.63, 3.8) is 0 Å². The lowest BCUT2D eigenvalue weighted by molar-refractivity contribution is -0.119. The first-order valence-electron chi connectivity index (χ1n) is 8.36. The molecule has 0 spiro atoms. The van der Waals surface area contributed by atoms with E-state index in [1.807, 2.05) is 36.6 Å². The third kappa shape index (κ3) is 4.90. The quantitative estimate of drug-likeness (QED) is 0.622. The molecule has 0 aliphatic carbocycles. The summed E-state index contributed by atoms with van der Waals surface area (Å²) < 4.78 is 16.8. The number of ether oxygens (including phenoxy) is 1. The third-order valence-corrected chi connectivity index (χ3v) is 5.58. The monoisotopic (exact) mass is 414 g/mol. The highest BCUT2D eigenvalue weighted by atomic mass is 32.2. The number of nitrogens with one attached hydrogen (secondary N) is 1. The number of carbonyl (C=O) groups is 2. The zero-order valence-electron chi connectivity index (χ0n) is 15.3. The molecule has 0 fully saturated rings. The van der Waals surface area contributed by atoms with Crippen LogP contribution in [0.1, 0.15) is 15.9 Å². The molecule has 0 aliphatic heterocycles. The molecule has 1 heterocycles. The Kier molecular flexibility index (Phi) is 6.33. The molecule has 0 unspecified atom stereocenters. The first-order valence-corrected chi connectivity index (χ1v) is 10.8. The van der Waals surface area contributed by atoms with Crippen LogP contribution in [-0.4, -0.2) is 33.9 Å². The molecule has 0 aliphatic rings. The summed E-state index contributed by atoms with van der Waals surface area (Å²) in [5, 5.41) is 4.89. The second-order valence-electron chi connectivity index (χ2n) is 5.98. The van der Waals surface area contributed by atoms with Gasteiger partial charge < -0.3 is 4.74 Å². The Hall–Kier alpha value is -2.84. The molecule has 8 heteroatoms. The van der Waals surface area contributed by atoms with E-state index in [1.165, 1.54) is 23.7 Å². The molecule has 1 atom stereocenters. The van der Waals surface area contributed by atoms with Crippen LogP contribution in [0.4, 0.5) is 5.13 Å². The highest BCUT2D eigenvalue weighted by Gasteiger charge is 2.16. The number of nitrogens with zero attached hydrogens (tertiary/aromatic N) is 1. The molecule has 6 nitrogen and oxygen atoms in total. The first-order chi connectivity index (χ1) is 13.4. The molecule has 0 saturated carbocycles. The van der Waals surface area contributed by atoms with Crippen molar-refractivity contribution in [1.29, 1.82) is 0 Å². The summed E-state index contributed by atoms with van der Waals surface area (Å²) in [6.07, 6.45) is 1.48. The Morgan fingerprint density at radius 3 is 2.57 bits per heavy atom. The number of thiazole rings is 1. The summed E-state index contributed by atoms with van der Waals surface area (Å²) in [6.45, 7) is 1.55. The third-order valence-electron chi connectivity index (χ3n) is 3.85. The van der Waals surface area contributed by atoms with E-state index in [1.54, 1.807) is 18.2 Å². The summed E-state index contributed by atoms with van der Waals surface area (Å²) in [4.78, 5) is 29.0. The van der Waals surface area contributed by atoms with Crippen LogP contribution in [0.3, 0.4) is 0 Å².